The van der Waals surface area contributed by atoms with Crippen molar-refractivity contribution in [1.29, 1.82) is 0 Å². The number of H-pyrrole nitrogens is 1. The molecule has 2 aromatic heterocycles. The van der Waals surface area contributed by atoms with Crippen molar-refractivity contribution in [3.05, 3.63) is 40.8 Å². The predicted octanol–water partition coefficient (Wildman–Crippen LogP) is 1.49. The summed E-state index contributed by atoms with van der Waals surface area (Å²) < 4.78 is 4.82. The molecule has 0 aliphatic rings. The van der Waals surface area contributed by atoms with Crippen LogP contribution in [-0.4, -0.2) is 33.3 Å². The minimum Gasteiger partial charge on any atom is -0.465 e. The van der Waals surface area contributed by atoms with Crippen LogP contribution in [0, 0.1) is 0 Å². The van der Waals surface area contributed by atoms with Crippen LogP contribution in [-0.2, 0) is 9.53 Å². The van der Waals surface area contributed by atoms with Crippen LogP contribution in [0.4, 0.5) is 0 Å². The molecule has 0 spiro atoms. The van der Waals surface area contributed by atoms with Crippen molar-refractivity contribution in [3.8, 4) is 11.4 Å². The molecule has 0 amide bonds. The number of aromatic amines is 1. The Morgan fingerprint density at radius 1 is 1.40 bits per heavy atom. The average Bonchev–Trinajstić information content (AvgIpc) is 2.46. The van der Waals surface area contributed by atoms with Gasteiger partial charge in [0.2, 0.25) is 0 Å². The summed E-state index contributed by atoms with van der Waals surface area (Å²) in [6.07, 6.45) is 1.63. The molecule has 104 valence electrons. The third kappa shape index (κ3) is 3.92. The Balaban J connectivity index is 2.17. The first kappa shape index (κ1) is 14.3. The maximum Gasteiger partial charge on any atom is 0.316 e. The molecule has 0 saturated heterocycles. The van der Waals surface area contributed by atoms with Gasteiger partial charge >= 0.3 is 5.97 Å². The number of ether oxygens (including phenoxy) is 1. The van der Waals surface area contributed by atoms with Gasteiger partial charge in [0.05, 0.1) is 23.7 Å². The Hall–Kier alpha value is -2.15. The molecule has 7 heteroatoms. The summed E-state index contributed by atoms with van der Waals surface area (Å²) in [6, 6.07) is 6.74. The maximum atomic E-state index is 11.6. The van der Waals surface area contributed by atoms with Crippen LogP contribution in [0.2, 0.25) is 0 Å². The Kier molecular flexibility index (Phi) is 4.89. The fraction of sp³-hybridized carbons (Fsp3) is 0.231. The standard InChI is InChI=1S/C13H13N3O3S/c1-2-19-12(18)8-20-13-15-10(7-11(17)16-13)9-5-3-4-6-14-9/h3-7H,2,8H2,1H3,(H,15,16,17). The highest BCUT2D eigenvalue weighted by atomic mass is 32.2. The summed E-state index contributed by atoms with van der Waals surface area (Å²) in [6.45, 7) is 2.07. The number of carbonyl (C=O) groups is 1. The molecule has 0 radical (unpaired) electrons. The second-order valence-electron chi connectivity index (χ2n) is 3.74. The number of hydrogen-bond donors (Lipinski definition) is 1. The summed E-state index contributed by atoms with van der Waals surface area (Å²) in [5, 5.41) is 0.367. The second-order valence-corrected chi connectivity index (χ2v) is 4.71. The SMILES string of the molecule is CCOC(=O)CSc1nc(-c2ccccn2)cc(=O)[nH]1. The van der Waals surface area contributed by atoms with Crippen molar-refractivity contribution < 1.29 is 9.53 Å². The van der Waals surface area contributed by atoms with E-state index in [4.69, 9.17) is 4.74 Å². The summed E-state index contributed by atoms with van der Waals surface area (Å²) in [5.74, 6) is -0.244. The lowest BCUT2D eigenvalue weighted by atomic mass is 10.3. The Labute approximate surface area is 119 Å². The van der Waals surface area contributed by atoms with E-state index in [2.05, 4.69) is 15.0 Å². The zero-order valence-corrected chi connectivity index (χ0v) is 11.6. The lowest BCUT2D eigenvalue weighted by molar-refractivity contribution is -0.139. The van der Waals surface area contributed by atoms with Crippen molar-refractivity contribution in [2.75, 3.05) is 12.4 Å². The second kappa shape index (κ2) is 6.85. The Morgan fingerprint density at radius 3 is 2.95 bits per heavy atom. The first-order valence-electron chi connectivity index (χ1n) is 6.00. The molecule has 20 heavy (non-hydrogen) atoms. The van der Waals surface area contributed by atoms with Crippen molar-refractivity contribution in [1.82, 2.24) is 15.0 Å². The fourth-order valence-electron chi connectivity index (χ4n) is 1.48. The van der Waals surface area contributed by atoms with E-state index in [0.29, 0.717) is 23.2 Å². The van der Waals surface area contributed by atoms with Gasteiger partial charge in [0.25, 0.3) is 5.56 Å². The van der Waals surface area contributed by atoms with E-state index in [1.165, 1.54) is 6.07 Å². The van der Waals surface area contributed by atoms with Gasteiger partial charge in [-0.2, -0.15) is 0 Å². The molecule has 1 N–H and O–H groups in total. The monoisotopic (exact) mass is 291 g/mol. The van der Waals surface area contributed by atoms with Crippen molar-refractivity contribution in [3.63, 3.8) is 0 Å². The van der Waals surface area contributed by atoms with Crippen molar-refractivity contribution >= 4 is 17.7 Å². The van der Waals surface area contributed by atoms with Crippen LogP contribution in [0.3, 0.4) is 0 Å². The van der Waals surface area contributed by atoms with E-state index in [-0.39, 0.29) is 17.3 Å². The number of carbonyl (C=O) groups excluding carboxylic acids is 1. The molecular formula is C13H13N3O3S. The molecule has 0 aliphatic carbocycles. The van der Waals surface area contributed by atoms with Gasteiger partial charge < -0.3 is 9.72 Å². The number of pyridine rings is 1. The van der Waals surface area contributed by atoms with Crippen molar-refractivity contribution in [2.24, 2.45) is 0 Å². The first-order valence-corrected chi connectivity index (χ1v) is 6.99. The quantitative estimate of drug-likeness (QED) is 0.510. The van der Waals surface area contributed by atoms with Gasteiger partial charge in [-0.3, -0.25) is 14.6 Å². The average molecular weight is 291 g/mol. The largest absolute Gasteiger partial charge is 0.465 e. The molecule has 2 heterocycles. The molecule has 0 aromatic carbocycles. The number of aromatic nitrogens is 3. The lowest BCUT2D eigenvalue weighted by Crippen LogP contribution is -2.11. The third-order valence-electron chi connectivity index (χ3n) is 2.28. The van der Waals surface area contributed by atoms with Gasteiger partial charge in [0.15, 0.2) is 5.16 Å². The molecule has 0 saturated carbocycles. The zero-order chi connectivity index (χ0) is 14.4. The van der Waals surface area contributed by atoms with Gasteiger partial charge in [0.1, 0.15) is 0 Å². The highest BCUT2D eigenvalue weighted by molar-refractivity contribution is 7.99. The van der Waals surface area contributed by atoms with E-state index >= 15 is 0 Å². The van der Waals surface area contributed by atoms with E-state index in [0.717, 1.165) is 11.8 Å². The van der Waals surface area contributed by atoms with Crippen LogP contribution in [0.25, 0.3) is 11.4 Å². The molecule has 0 unspecified atom stereocenters. The highest BCUT2D eigenvalue weighted by Crippen LogP contribution is 2.16. The van der Waals surface area contributed by atoms with E-state index in [9.17, 15) is 9.59 Å². The number of thioether (sulfide) groups is 1. The number of nitrogens with one attached hydrogen (secondary N) is 1. The number of esters is 1. The summed E-state index contributed by atoms with van der Waals surface area (Å²) in [5.41, 5.74) is 0.796. The minimum atomic E-state index is -0.344. The molecule has 0 atom stereocenters. The topological polar surface area (TPSA) is 84.9 Å². The summed E-state index contributed by atoms with van der Waals surface area (Å²) in [4.78, 5) is 33.9. The number of hydrogen-bond acceptors (Lipinski definition) is 6. The maximum absolute atomic E-state index is 11.6. The number of nitrogens with zero attached hydrogens (tertiary/aromatic N) is 2. The Bertz CT molecular complexity index is 643. The Morgan fingerprint density at radius 2 is 2.25 bits per heavy atom. The highest BCUT2D eigenvalue weighted by Gasteiger charge is 2.08. The summed E-state index contributed by atoms with van der Waals surface area (Å²) in [7, 11) is 0. The lowest BCUT2D eigenvalue weighted by Gasteiger charge is -2.03. The molecule has 0 aliphatic heterocycles. The van der Waals surface area contributed by atoms with Gasteiger partial charge in [0, 0.05) is 12.3 Å². The van der Waals surface area contributed by atoms with Crippen LogP contribution in [0.1, 0.15) is 6.92 Å². The third-order valence-corrected chi connectivity index (χ3v) is 3.13. The molecule has 0 bridgehead atoms. The molecule has 2 rings (SSSR count). The molecular weight excluding hydrogens is 278 g/mol. The van der Waals surface area contributed by atoms with Crippen molar-refractivity contribution in [2.45, 2.75) is 12.1 Å². The van der Waals surface area contributed by atoms with Gasteiger partial charge in [-0.15, -0.1) is 0 Å². The van der Waals surface area contributed by atoms with Crippen LogP contribution in [0.15, 0.2) is 40.4 Å². The predicted molar refractivity (Wildman–Crippen MR) is 75.4 cm³/mol. The van der Waals surface area contributed by atoms with E-state index < -0.39 is 0 Å². The minimum absolute atomic E-state index is 0.0997. The zero-order valence-electron chi connectivity index (χ0n) is 10.8. The van der Waals surface area contributed by atoms with E-state index in [1.807, 2.05) is 6.07 Å². The van der Waals surface area contributed by atoms with Crippen LogP contribution in [0.5, 0.6) is 0 Å². The fourth-order valence-corrected chi connectivity index (χ4v) is 2.15. The molecule has 6 nitrogen and oxygen atoms in total. The van der Waals surface area contributed by atoms with Gasteiger partial charge in [-0.25, -0.2) is 4.98 Å². The number of rotatable bonds is 5. The van der Waals surface area contributed by atoms with Gasteiger partial charge in [-0.1, -0.05) is 17.8 Å². The van der Waals surface area contributed by atoms with Crippen LogP contribution >= 0.6 is 11.8 Å². The van der Waals surface area contributed by atoms with E-state index in [1.54, 1.807) is 25.3 Å². The van der Waals surface area contributed by atoms with Gasteiger partial charge in [-0.05, 0) is 19.1 Å². The normalized spacial score (nSPS) is 10.2. The smallest absolute Gasteiger partial charge is 0.316 e. The summed E-state index contributed by atoms with van der Waals surface area (Å²) >= 11 is 1.12. The molecule has 2 aromatic rings. The first-order chi connectivity index (χ1) is 9.69. The van der Waals surface area contributed by atoms with Crippen LogP contribution < -0.4 is 5.56 Å². The molecule has 0 fully saturated rings.